The van der Waals surface area contributed by atoms with Gasteiger partial charge >= 0.3 is 0 Å². The van der Waals surface area contributed by atoms with Crippen molar-refractivity contribution in [3.63, 3.8) is 0 Å². The van der Waals surface area contributed by atoms with Crippen molar-refractivity contribution in [2.45, 2.75) is 39.0 Å². The average Bonchev–Trinajstić information content (AvgIpc) is 2.31. The molecule has 0 aliphatic heterocycles. The van der Waals surface area contributed by atoms with Gasteiger partial charge in [0, 0.05) is 0 Å². The molecule has 0 saturated heterocycles. The van der Waals surface area contributed by atoms with Crippen LogP contribution in [0.1, 0.15) is 39.2 Å². The minimum atomic E-state index is -0.518. The highest BCUT2D eigenvalue weighted by atomic mass is 16.1. The summed E-state index contributed by atoms with van der Waals surface area (Å²) in [6.07, 6.45) is 1.70. The lowest BCUT2D eigenvalue weighted by molar-refractivity contribution is -0.125. The normalized spacial score (nSPS) is 16.4. The van der Waals surface area contributed by atoms with E-state index < -0.39 is 5.41 Å². The van der Waals surface area contributed by atoms with Crippen LogP contribution in [-0.2, 0) is 10.2 Å². The van der Waals surface area contributed by atoms with Crippen LogP contribution in [0.25, 0.3) is 0 Å². The standard InChI is InChI=1S/C14H21NO/c1-4-11(3)14(5-2,13(15)16)12-9-7-6-8-10-12/h6-11H,4-5H2,1-3H3,(H2,15,16). The Bertz CT molecular complexity index is 347. The summed E-state index contributed by atoms with van der Waals surface area (Å²) in [5, 5.41) is 0. The highest BCUT2D eigenvalue weighted by molar-refractivity contribution is 5.87. The highest BCUT2D eigenvalue weighted by Gasteiger charge is 2.40. The van der Waals surface area contributed by atoms with E-state index in [0.29, 0.717) is 0 Å². The van der Waals surface area contributed by atoms with E-state index in [1.807, 2.05) is 37.3 Å². The van der Waals surface area contributed by atoms with Crippen molar-refractivity contribution in [3.8, 4) is 0 Å². The second-order valence-corrected chi connectivity index (χ2v) is 4.36. The molecular formula is C14H21NO. The van der Waals surface area contributed by atoms with Gasteiger partial charge in [-0.1, -0.05) is 57.5 Å². The van der Waals surface area contributed by atoms with Crippen LogP contribution in [0.15, 0.2) is 30.3 Å². The second kappa shape index (κ2) is 5.15. The summed E-state index contributed by atoms with van der Waals surface area (Å²) in [7, 11) is 0. The van der Waals surface area contributed by atoms with Crippen LogP contribution < -0.4 is 5.73 Å². The Balaban J connectivity index is 3.29. The van der Waals surface area contributed by atoms with E-state index >= 15 is 0 Å². The van der Waals surface area contributed by atoms with Crippen molar-refractivity contribution in [1.82, 2.24) is 0 Å². The Morgan fingerprint density at radius 2 is 1.88 bits per heavy atom. The molecule has 0 spiro atoms. The largest absolute Gasteiger partial charge is 0.369 e. The van der Waals surface area contributed by atoms with Gasteiger partial charge in [0.25, 0.3) is 0 Å². The van der Waals surface area contributed by atoms with Gasteiger partial charge in [-0.15, -0.1) is 0 Å². The average molecular weight is 219 g/mol. The molecule has 2 unspecified atom stereocenters. The smallest absolute Gasteiger partial charge is 0.228 e. The van der Waals surface area contributed by atoms with E-state index in [0.717, 1.165) is 18.4 Å². The first-order valence-electron chi connectivity index (χ1n) is 5.95. The lowest BCUT2D eigenvalue weighted by Crippen LogP contribution is -2.45. The maximum atomic E-state index is 11.9. The molecule has 0 aliphatic rings. The van der Waals surface area contributed by atoms with E-state index in [4.69, 9.17) is 5.73 Å². The molecule has 0 heterocycles. The maximum absolute atomic E-state index is 11.9. The van der Waals surface area contributed by atoms with Gasteiger partial charge in [-0.3, -0.25) is 4.79 Å². The van der Waals surface area contributed by atoms with Crippen molar-refractivity contribution in [3.05, 3.63) is 35.9 Å². The predicted molar refractivity (Wildman–Crippen MR) is 67.1 cm³/mol. The zero-order chi connectivity index (χ0) is 12.2. The number of nitrogens with two attached hydrogens (primary N) is 1. The van der Waals surface area contributed by atoms with Crippen LogP contribution >= 0.6 is 0 Å². The monoisotopic (exact) mass is 219 g/mol. The van der Waals surface area contributed by atoms with Gasteiger partial charge in [0.05, 0.1) is 5.41 Å². The van der Waals surface area contributed by atoms with Crippen LogP contribution in [0, 0.1) is 5.92 Å². The first-order chi connectivity index (χ1) is 7.59. The van der Waals surface area contributed by atoms with Crippen molar-refractivity contribution >= 4 is 5.91 Å². The molecule has 1 rings (SSSR count). The fourth-order valence-electron chi connectivity index (χ4n) is 2.48. The van der Waals surface area contributed by atoms with E-state index in [-0.39, 0.29) is 11.8 Å². The summed E-state index contributed by atoms with van der Waals surface area (Å²) in [6.45, 7) is 6.23. The van der Waals surface area contributed by atoms with Gasteiger partial charge in [0.15, 0.2) is 0 Å². The topological polar surface area (TPSA) is 43.1 Å². The van der Waals surface area contributed by atoms with Crippen LogP contribution in [-0.4, -0.2) is 5.91 Å². The molecule has 2 heteroatoms. The molecule has 1 amide bonds. The Labute approximate surface area is 97.9 Å². The number of carbonyl (C=O) groups excluding carboxylic acids is 1. The molecule has 16 heavy (non-hydrogen) atoms. The number of carbonyl (C=O) groups is 1. The Kier molecular flexibility index (Phi) is 4.11. The quantitative estimate of drug-likeness (QED) is 0.813. The summed E-state index contributed by atoms with van der Waals surface area (Å²) in [6, 6.07) is 9.89. The van der Waals surface area contributed by atoms with Crippen molar-refractivity contribution in [2.24, 2.45) is 11.7 Å². The molecule has 2 N–H and O–H groups in total. The van der Waals surface area contributed by atoms with Gasteiger partial charge in [-0.05, 0) is 17.9 Å². The summed E-state index contributed by atoms with van der Waals surface area (Å²) in [5.74, 6) is 0.0490. The van der Waals surface area contributed by atoms with Crippen molar-refractivity contribution < 1.29 is 4.79 Å². The maximum Gasteiger partial charge on any atom is 0.228 e. The van der Waals surface area contributed by atoms with Crippen LogP contribution in [0.4, 0.5) is 0 Å². The van der Waals surface area contributed by atoms with E-state index in [1.54, 1.807) is 0 Å². The fourth-order valence-corrected chi connectivity index (χ4v) is 2.48. The number of primary amides is 1. The van der Waals surface area contributed by atoms with Crippen molar-refractivity contribution in [1.29, 1.82) is 0 Å². The molecule has 0 fully saturated rings. The van der Waals surface area contributed by atoms with Crippen LogP contribution in [0.3, 0.4) is 0 Å². The zero-order valence-electron chi connectivity index (χ0n) is 10.4. The van der Waals surface area contributed by atoms with Crippen molar-refractivity contribution in [2.75, 3.05) is 0 Å². The van der Waals surface area contributed by atoms with Gasteiger partial charge in [0.2, 0.25) is 5.91 Å². The summed E-state index contributed by atoms with van der Waals surface area (Å²) in [4.78, 5) is 11.9. The molecule has 88 valence electrons. The Morgan fingerprint density at radius 1 is 1.31 bits per heavy atom. The number of amides is 1. The van der Waals surface area contributed by atoms with Gasteiger partial charge in [0.1, 0.15) is 0 Å². The van der Waals surface area contributed by atoms with Gasteiger partial charge in [-0.2, -0.15) is 0 Å². The van der Waals surface area contributed by atoms with E-state index in [9.17, 15) is 4.79 Å². The third-order valence-electron chi connectivity index (χ3n) is 3.74. The number of hydrogen-bond donors (Lipinski definition) is 1. The number of hydrogen-bond acceptors (Lipinski definition) is 1. The molecule has 0 aliphatic carbocycles. The third-order valence-corrected chi connectivity index (χ3v) is 3.74. The molecule has 2 atom stereocenters. The summed E-state index contributed by atoms with van der Waals surface area (Å²) in [5.41, 5.74) is 6.18. The molecule has 0 aromatic heterocycles. The second-order valence-electron chi connectivity index (χ2n) is 4.36. The fraction of sp³-hybridized carbons (Fsp3) is 0.500. The Morgan fingerprint density at radius 3 is 2.25 bits per heavy atom. The third kappa shape index (κ3) is 1.97. The number of rotatable bonds is 5. The lowest BCUT2D eigenvalue weighted by atomic mass is 9.67. The summed E-state index contributed by atoms with van der Waals surface area (Å²) < 4.78 is 0. The number of benzene rings is 1. The molecular weight excluding hydrogens is 198 g/mol. The predicted octanol–water partition coefficient (Wildman–Crippen LogP) is 2.87. The van der Waals surface area contributed by atoms with E-state index in [1.165, 1.54) is 0 Å². The zero-order valence-corrected chi connectivity index (χ0v) is 10.4. The highest BCUT2D eigenvalue weighted by Crippen LogP contribution is 2.37. The first-order valence-corrected chi connectivity index (χ1v) is 5.95. The molecule has 1 aromatic rings. The van der Waals surface area contributed by atoms with Gasteiger partial charge in [-0.25, -0.2) is 0 Å². The Hall–Kier alpha value is -1.31. The first kappa shape index (κ1) is 12.8. The minimum absolute atomic E-state index is 0.212. The van der Waals surface area contributed by atoms with Crippen LogP contribution in [0.5, 0.6) is 0 Å². The van der Waals surface area contributed by atoms with E-state index in [2.05, 4.69) is 13.8 Å². The molecule has 1 aromatic carbocycles. The summed E-state index contributed by atoms with van der Waals surface area (Å²) >= 11 is 0. The van der Waals surface area contributed by atoms with Gasteiger partial charge < -0.3 is 5.73 Å². The minimum Gasteiger partial charge on any atom is -0.369 e. The molecule has 0 radical (unpaired) electrons. The SMILES string of the molecule is CCC(C)C(CC)(C(N)=O)c1ccccc1. The van der Waals surface area contributed by atoms with Crippen LogP contribution in [0.2, 0.25) is 0 Å². The molecule has 2 nitrogen and oxygen atoms in total. The lowest BCUT2D eigenvalue weighted by Gasteiger charge is -2.35. The molecule has 0 bridgehead atoms. The molecule has 0 saturated carbocycles.